The van der Waals surface area contributed by atoms with Crippen molar-refractivity contribution in [3.05, 3.63) is 35.9 Å². The van der Waals surface area contributed by atoms with E-state index in [-0.39, 0.29) is 0 Å². The number of alkyl halides is 1. The van der Waals surface area contributed by atoms with Crippen LogP contribution in [0, 0.1) is 0 Å². The number of halogens is 1. The van der Waals surface area contributed by atoms with Gasteiger partial charge in [-0.15, -0.1) is 0 Å². The van der Waals surface area contributed by atoms with Crippen molar-refractivity contribution in [2.75, 3.05) is 5.33 Å². The van der Waals surface area contributed by atoms with Crippen molar-refractivity contribution in [3.63, 3.8) is 0 Å². The highest BCUT2D eigenvalue weighted by Gasteiger charge is 2.32. The molecule has 1 saturated carbocycles. The first-order valence-corrected chi connectivity index (χ1v) is 8.11. The monoisotopic (exact) mass is 294 g/mol. The molecule has 1 heteroatoms. The molecule has 0 atom stereocenters. The van der Waals surface area contributed by atoms with Gasteiger partial charge < -0.3 is 0 Å². The Bertz CT molecular complexity index is 312. The zero-order chi connectivity index (χ0) is 12.0. The molecule has 0 bridgehead atoms. The fraction of sp³-hybridized carbons (Fsp3) is 0.625. The zero-order valence-corrected chi connectivity index (χ0v) is 12.2. The van der Waals surface area contributed by atoms with Crippen LogP contribution in [0.5, 0.6) is 0 Å². The molecule has 17 heavy (non-hydrogen) atoms. The Hall–Kier alpha value is -0.300. The van der Waals surface area contributed by atoms with Crippen LogP contribution in [0.1, 0.15) is 56.9 Å². The molecule has 0 nitrogen and oxygen atoms in total. The van der Waals surface area contributed by atoms with Crippen LogP contribution < -0.4 is 0 Å². The number of hydrogen-bond acceptors (Lipinski definition) is 0. The predicted molar refractivity (Wildman–Crippen MR) is 78.9 cm³/mol. The topological polar surface area (TPSA) is 0 Å². The van der Waals surface area contributed by atoms with Gasteiger partial charge in [0.15, 0.2) is 0 Å². The second kappa shape index (κ2) is 6.58. The largest absolute Gasteiger partial charge is 0.0928 e. The minimum absolute atomic E-state index is 0.502. The lowest BCUT2D eigenvalue weighted by Gasteiger charge is -2.38. The summed E-state index contributed by atoms with van der Waals surface area (Å²) in [4.78, 5) is 0. The summed E-state index contributed by atoms with van der Waals surface area (Å²) in [5, 5.41) is 1.15. The Labute approximate surface area is 114 Å². The zero-order valence-electron chi connectivity index (χ0n) is 10.6. The molecule has 1 aliphatic rings. The van der Waals surface area contributed by atoms with E-state index in [1.54, 1.807) is 5.56 Å². The number of hydrogen-bond donors (Lipinski definition) is 0. The van der Waals surface area contributed by atoms with E-state index in [0.717, 1.165) is 5.33 Å². The van der Waals surface area contributed by atoms with E-state index < -0.39 is 0 Å². The molecule has 0 aliphatic heterocycles. The van der Waals surface area contributed by atoms with E-state index in [1.807, 2.05) is 0 Å². The summed E-state index contributed by atoms with van der Waals surface area (Å²) in [6.45, 7) is 0. The van der Waals surface area contributed by atoms with Gasteiger partial charge in [0.2, 0.25) is 0 Å². The lowest BCUT2D eigenvalue weighted by Crippen LogP contribution is -2.29. The fourth-order valence-electron chi connectivity index (χ4n) is 3.26. The van der Waals surface area contributed by atoms with Crippen LogP contribution in [-0.2, 0) is 5.41 Å². The van der Waals surface area contributed by atoms with Crippen molar-refractivity contribution in [1.82, 2.24) is 0 Å². The standard InChI is InChI=1S/C16H23Br/c17-14-8-7-13-16(11-5-2-6-12-16)15-9-3-1-4-10-15/h1,3-4,9-10H,2,5-8,11-14H2. The quantitative estimate of drug-likeness (QED) is 0.500. The highest BCUT2D eigenvalue weighted by atomic mass is 79.9. The van der Waals surface area contributed by atoms with E-state index in [2.05, 4.69) is 46.3 Å². The summed E-state index contributed by atoms with van der Waals surface area (Å²) in [6.07, 6.45) is 11.1. The Morgan fingerprint density at radius 3 is 2.29 bits per heavy atom. The van der Waals surface area contributed by atoms with Crippen LogP contribution in [0.3, 0.4) is 0 Å². The van der Waals surface area contributed by atoms with Crippen molar-refractivity contribution < 1.29 is 0 Å². The van der Waals surface area contributed by atoms with Crippen LogP contribution in [0.2, 0.25) is 0 Å². The fourth-order valence-corrected chi connectivity index (χ4v) is 3.66. The molecule has 94 valence electrons. The van der Waals surface area contributed by atoms with Gasteiger partial charge in [0.05, 0.1) is 0 Å². The molecule has 0 aromatic heterocycles. The Morgan fingerprint density at radius 1 is 0.941 bits per heavy atom. The number of unbranched alkanes of at least 4 members (excludes halogenated alkanes) is 1. The molecule has 0 radical (unpaired) electrons. The Morgan fingerprint density at radius 2 is 1.65 bits per heavy atom. The minimum atomic E-state index is 0.502. The molecular weight excluding hydrogens is 272 g/mol. The summed E-state index contributed by atoms with van der Waals surface area (Å²) < 4.78 is 0. The Kier molecular flexibility index (Phi) is 5.09. The second-order valence-corrected chi connectivity index (χ2v) is 6.15. The van der Waals surface area contributed by atoms with E-state index in [1.165, 1.54) is 51.4 Å². The van der Waals surface area contributed by atoms with Gasteiger partial charge >= 0.3 is 0 Å². The molecule has 0 heterocycles. The molecule has 0 unspecified atom stereocenters. The van der Waals surface area contributed by atoms with Crippen LogP contribution in [0.4, 0.5) is 0 Å². The van der Waals surface area contributed by atoms with Crippen LogP contribution >= 0.6 is 15.9 Å². The summed E-state index contributed by atoms with van der Waals surface area (Å²) >= 11 is 3.55. The second-order valence-electron chi connectivity index (χ2n) is 5.35. The SMILES string of the molecule is BrCCCCC1(c2ccccc2)CCCCC1. The molecule has 0 spiro atoms. The molecule has 1 aliphatic carbocycles. The first-order chi connectivity index (χ1) is 8.37. The highest BCUT2D eigenvalue weighted by molar-refractivity contribution is 9.09. The van der Waals surface area contributed by atoms with Crippen LogP contribution in [0.15, 0.2) is 30.3 Å². The third-order valence-corrected chi connectivity index (χ3v) is 4.80. The third-order valence-electron chi connectivity index (χ3n) is 4.24. The van der Waals surface area contributed by atoms with Gasteiger partial charge in [-0.25, -0.2) is 0 Å². The lowest BCUT2D eigenvalue weighted by atomic mass is 9.67. The van der Waals surface area contributed by atoms with Gasteiger partial charge in [-0.05, 0) is 36.7 Å². The first kappa shape index (κ1) is 13.1. The summed E-state index contributed by atoms with van der Waals surface area (Å²) in [6, 6.07) is 11.2. The van der Waals surface area contributed by atoms with Crippen molar-refractivity contribution in [1.29, 1.82) is 0 Å². The maximum absolute atomic E-state index is 3.55. The van der Waals surface area contributed by atoms with E-state index in [4.69, 9.17) is 0 Å². The average molecular weight is 295 g/mol. The molecule has 1 fully saturated rings. The molecule has 0 N–H and O–H groups in total. The van der Waals surface area contributed by atoms with E-state index >= 15 is 0 Å². The average Bonchev–Trinajstić information content (AvgIpc) is 2.41. The van der Waals surface area contributed by atoms with Gasteiger partial charge in [-0.3, -0.25) is 0 Å². The summed E-state index contributed by atoms with van der Waals surface area (Å²) in [5.74, 6) is 0. The smallest absolute Gasteiger partial charge is 0.00313 e. The van der Waals surface area contributed by atoms with Crippen molar-refractivity contribution in [3.8, 4) is 0 Å². The number of benzene rings is 1. The highest BCUT2D eigenvalue weighted by Crippen LogP contribution is 2.43. The van der Waals surface area contributed by atoms with Gasteiger partial charge in [0.1, 0.15) is 0 Å². The van der Waals surface area contributed by atoms with Gasteiger partial charge in [0.25, 0.3) is 0 Å². The minimum Gasteiger partial charge on any atom is -0.0928 e. The lowest BCUT2D eigenvalue weighted by molar-refractivity contribution is 0.268. The van der Waals surface area contributed by atoms with Crippen LogP contribution in [0.25, 0.3) is 0 Å². The van der Waals surface area contributed by atoms with Gasteiger partial charge in [0, 0.05) is 5.33 Å². The maximum atomic E-state index is 3.55. The molecular formula is C16H23Br. The third kappa shape index (κ3) is 3.34. The maximum Gasteiger partial charge on any atom is 0.00313 e. The summed E-state index contributed by atoms with van der Waals surface area (Å²) in [7, 11) is 0. The first-order valence-electron chi connectivity index (χ1n) is 6.99. The van der Waals surface area contributed by atoms with Crippen molar-refractivity contribution in [2.24, 2.45) is 0 Å². The molecule has 0 saturated heterocycles. The molecule has 2 rings (SSSR count). The van der Waals surface area contributed by atoms with Crippen LogP contribution in [-0.4, -0.2) is 5.33 Å². The molecule has 1 aromatic rings. The van der Waals surface area contributed by atoms with E-state index in [9.17, 15) is 0 Å². The van der Waals surface area contributed by atoms with Gasteiger partial charge in [-0.1, -0.05) is 71.9 Å². The summed E-state index contributed by atoms with van der Waals surface area (Å²) in [5.41, 5.74) is 2.09. The normalized spacial score (nSPS) is 19.1. The van der Waals surface area contributed by atoms with Crippen molar-refractivity contribution >= 4 is 15.9 Å². The predicted octanol–water partition coefficient (Wildman–Crippen LogP) is 5.45. The van der Waals surface area contributed by atoms with E-state index in [0.29, 0.717) is 5.41 Å². The molecule has 1 aromatic carbocycles. The molecule has 0 amide bonds. The van der Waals surface area contributed by atoms with Gasteiger partial charge in [-0.2, -0.15) is 0 Å². The Balaban J connectivity index is 2.11. The van der Waals surface area contributed by atoms with Crippen molar-refractivity contribution in [2.45, 2.75) is 56.8 Å². The number of rotatable bonds is 5.